The van der Waals surface area contributed by atoms with Crippen LogP contribution in [0.25, 0.3) is 0 Å². The van der Waals surface area contributed by atoms with Gasteiger partial charge in [0.1, 0.15) is 17.2 Å². The number of anilines is 3. The van der Waals surface area contributed by atoms with E-state index in [0.29, 0.717) is 24.3 Å². The van der Waals surface area contributed by atoms with Gasteiger partial charge in [-0.25, -0.2) is 13.6 Å². The maximum absolute atomic E-state index is 14.6. The third-order valence-corrected chi connectivity index (χ3v) is 4.93. The molecule has 0 aliphatic carbocycles. The predicted molar refractivity (Wildman–Crippen MR) is 114 cm³/mol. The number of nitrogens with zero attached hydrogens (tertiary/aromatic N) is 1. The summed E-state index contributed by atoms with van der Waals surface area (Å²) in [6.45, 7) is 3.46. The van der Waals surface area contributed by atoms with Crippen molar-refractivity contribution < 1.29 is 23.2 Å². The number of piperidine rings is 1. The van der Waals surface area contributed by atoms with Crippen molar-refractivity contribution >= 4 is 34.9 Å². The van der Waals surface area contributed by atoms with Crippen LogP contribution in [0.3, 0.4) is 0 Å². The van der Waals surface area contributed by atoms with E-state index in [1.807, 2.05) is 0 Å². The van der Waals surface area contributed by atoms with E-state index < -0.39 is 29.1 Å². The van der Waals surface area contributed by atoms with Gasteiger partial charge in [0, 0.05) is 24.3 Å². The van der Waals surface area contributed by atoms with Gasteiger partial charge < -0.3 is 20.9 Å². The summed E-state index contributed by atoms with van der Waals surface area (Å²) in [4.78, 5) is 38.4. The largest absolute Gasteiger partial charge is 0.324 e. The van der Waals surface area contributed by atoms with E-state index >= 15 is 0 Å². The standard InChI is InChI=1S/C22H24F2N4O3/c1-22(2,27-21(31)25-15-8-6-14(23)7-9-15)20(30)26-18-11-10-16(13-17(18)24)28-12-4-3-5-19(28)29/h6-11,13H,3-5,12H2,1-2H3,(H,26,30)(H2,25,27,31). The highest BCUT2D eigenvalue weighted by atomic mass is 19.1. The third-order valence-electron chi connectivity index (χ3n) is 4.93. The summed E-state index contributed by atoms with van der Waals surface area (Å²) in [5.74, 6) is -1.82. The van der Waals surface area contributed by atoms with Crippen LogP contribution in [0.15, 0.2) is 42.5 Å². The highest BCUT2D eigenvalue weighted by Crippen LogP contribution is 2.26. The van der Waals surface area contributed by atoms with Crippen LogP contribution < -0.4 is 20.9 Å². The molecule has 1 aliphatic heterocycles. The summed E-state index contributed by atoms with van der Waals surface area (Å²) in [5.41, 5.74) is -0.648. The Balaban J connectivity index is 1.63. The number of benzene rings is 2. The monoisotopic (exact) mass is 430 g/mol. The number of urea groups is 1. The molecule has 0 radical (unpaired) electrons. The average molecular weight is 430 g/mol. The maximum atomic E-state index is 14.6. The number of hydrogen-bond donors (Lipinski definition) is 3. The van der Waals surface area contributed by atoms with E-state index in [-0.39, 0.29) is 11.6 Å². The molecule has 31 heavy (non-hydrogen) atoms. The van der Waals surface area contributed by atoms with Crippen molar-refractivity contribution in [2.45, 2.75) is 38.6 Å². The lowest BCUT2D eigenvalue weighted by molar-refractivity contribution is -0.121. The normalized spacial score (nSPS) is 14.2. The summed E-state index contributed by atoms with van der Waals surface area (Å²) in [6, 6.07) is 8.64. The molecule has 0 saturated carbocycles. The Kier molecular flexibility index (Phi) is 6.53. The Hall–Kier alpha value is -3.49. The van der Waals surface area contributed by atoms with Gasteiger partial charge in [0.25, 0.3) is 0 Å². The Morgan fingerprint density at radius 1 is 1.00 bits per heavy atom. The van der Waals surface area contributed by atoms with Gasteiger partial charge in [-0.2, -0.15) is 0 Å². The number of amides is 4. The van der Waals surface area contributed by atoms with Crippen molar-refractivity contribution in [3.05, 3.63) is 54.1 Å². The molecule has 0 atom stereocenters. The summed E-state index contributed by atoms with van der Waals surface area (Å²) in [7, 11) is 0. The summed E-state index contributed by atoms with van der Waals surface area (Å²) in [6.07, 6.45) is 2.11. The molecule has 1 fully saturated rings. The SMILES string of the molecule is CC(C)(NC(=O)Nc1ccc(F)cc1)C(=O)Nc1ccc(N2CCCCC2=O)cc1F. The molecule has 164 valence electrons. The first-order valence-corrected chi connectivity index (χ1v) is 9.92. The van der Waals surface area contributed by atoms with E-state index in [1.165, 1.54) is 55.1 Å². The number of rotatable bonds is 5. The first kappa shape index (κ1) is 22.2. The minimum atomic E-state index is -1.38. The van der Waals surface area contributed by atoms with Crippen molar-refractivity contribution in [2.24, 2.45) is 0 Å². The number of nitrogens with one attached hydrogen (secondary N) is 3. The van der Waals surface area contributed by atoms with Crippen molar-refractivity contribution in [3.8, 4) is 0 Å². The molecule has 3 rings (SSSR count). The molecule has 0 aromatic heterocycles. The van der Waals surface area contributed by atoms with Gasteiger partial charge in [0.2, 0.25) is 11.8 Å². The van der Waals surface area contributed by atoms with Gasteiger partial charge in [-0.1, -0.05) is 0 Å². The molecule has 0 bridgehead atoms. The van der Waals surface area contributed by atoms with Crippen molar-refractivity contribution in [3.63, 3.8) is 0 Å². The molecule has 7 nitrogen and oxygen atoms in total. The van der Waals surface area contributed by atoms with E-state index in [2.05, 4.69) is 16.0 Å². The van der Waals surface area contributed by atoms with Crippen molar-refractivity contribution in [1.29, 1.82) is 0 Å². The minimum absolute atomic E-state index is 0.0556. The average Bonchev–Trinajstić information content (AvgIpc) is 2.71. The molecule has 4 amide bonds. The zero-order valence-electron chi connectivity index (χ0n) is 17.3. The van der Waals surface area contributed by atoms with Crippen LogP contribution >= 0.6 is 0 Å². The van der Waals surface area contributed by atoms with Crippen LogP contribution in [0.5, 0.6) is 0 Å². The fourth-order valence-corrected chi connectivity index (χ4v) is 3.17. The fraction of sp³-hybridized carbons (Fsp3) is 0.318. The number of carbonyl (C=O) groups excluding carboxylic acids is 3. The van der Waals surface area contributed by atoms with Crippen LogP contribution in [-0.4, -0.2) is 29.9 Å². The maximum Gasteiger partial charge on any atom is 0.320 e. The topological polar surface area (TPSA) is 90.5 Å². The van der Waals surface area contributed by atoms with Gasteiger partial charge in [-0.15, -0.1) is 0 Å². The molecule has 0 spiro atoms. The Morgan fingerprint density at radius 2 is 1.71 bits per heavy atom. The molecule has 0 unspecified atom stereocenters. The second-order valence-corrected chi connectivity index (χ2v) is 7.83. The van der Waals surface area contributed by atoms with Crippen molar-refractivity contribution in [2.75, 3.05) is 22.1 Å². The molecule has 1 heterocycles. The predicted octanol–water partition coefficient (Wildman–Crippen LogP) is 4.02. The molecule has 3 N–H and O–H groups in total. The summed E-state index contributed by atoms with van der Waals surface area (Å²) in [5, 5.41) is 7.45. The number of carbonyl (C=O) groups is 3. The van der Waals surface area contributed by atoms with Crippen LogP contribution in [0.2, 0.25) is 0 Å². The van der Waals surface area contributed by atoms with Crippen LogP contribution in [0.4, 0.5) is 30.6 Å². The Morgan fingerprint density at radius 3 is 2.35 bits per heavy atom. The first-order valence-electron chi connectivity index (χ1n) is 9.92. The number of hydrogen-bond acceptors (Lipinski definition) is 3. The van der Waals surface area contributed by atoms with Gasteiger partial charge >= 0.3 is 6.03 Å². The Labute approximate surface area is 178 Å². The lowest BCUT2D eigenvalue weighted by Gasteiger charge is -2.27. The zero-order valence-corrected chi connectivity index (χ0v) is 17.3. The lowest BCUT2D eigenvalue weighted by Crippen LogP contribution is -2.53. The first-order chi connectivity index (χ1) is 14.7. The summed E-state index contributed by atoms with van der Waals surface area (Å²) >= 11 is 0. The minimum Gasteiger partial charge on any atom is -0.324 e. The third kappa shape index (κ3) is 5.56. The van der Waals surface area contributed by atoms with Gasteiger partial charge in [0.15, 0.2) is 0 Å². The molecule has 2 aromatic carbocycles. The van der Waals surface area contributed by atoms with Crippen LogP contribution in [0.1, 0.15) is 33.1 Å². The summed E-state index contributed by atoms with van der Waals surface area (Å²) < 4.78 is 27.5. The second-order valence-electron chi connectivity index (χ2n) is 7.83. The molecule has 2 aromatic rings. The molecule has 1 aliphatic rings. The van der Waals surface area contributed by atoms with Gasteiger partial charge in [0.05, 0.1) is 5.69 Å². The Bertz CT molecular complexity index is 993. The van der Waals surface area contributed by atoms with Crippen molar-refractivity contribution in [1.82, 2.24) is 5.32 Å². The lowest BCUT2D eigenvalue weighted by atomic mass is 10.0. The van der Waals surface area contributed by atoms with E-state index in [1.54, 1.807) is 6.07 Å². The van der Waals surface area contributed by atoms with E-state index in [4.69, 9.17) is 0 Å². The van der Waals surface area contributed by atoms with Crippen LogP contribution in [-0.2, 0) is 9.59 Å². The molecule has 1 saturated heterocycles. The quantitative estimate of drug-likeness (QED) is 0.669. The smallest absolute Gasteiger partial charge is 0.320 e. The second kappa shape index (κ2) is 9.11. The molecular weight excluding hydrogens is 406 g/mol. The van der Waals surface area contributed by atoms with Gasteiger partial charge in [-0.05, 0) is 69.2 Å². The molecular formula is C22H24F2N4O3. The zero-order chi connectivity index (χ0) is 22.6. The molecule has 9 heteroatoms. The van der Waals surface area contributed by atoms with Crippen LogP contribution in [0, 0.1) is 11.6 Å². The number of halogens is 2. The highest BCUT2D eigenvalue weighted by Gasteiger charge is 2.30. The van der Waals surface area contributed by atoms with E-state index in [9.17, 15) is 23.2 Å². The fourth-order valence-electron chi connectivity index (χ4n) is 3.17. The van der Waals surface area contributed by atoms with Gasteiger partial charge in [-0.3, -0.25) is 9.59 Å². The van der Waals surface area contributed by atoms with E-state index in [0.717, 1.165) is 12.8 Å². The highest BCUT2D eigenvalue weighted by molar-refractivity contribution is 6.02.